The van der Waals surface area contributed by atoms with Crippen LogP contribution >= 0.6 is 12.4 Å². The molecule has 0 spiro atoms. The highest BCUT2D eigenvalue weighted by Crippen LogP contribution is 2.31. The van der Waals surface area contributed by atoms with E-state index in [-0.39, 0.29) is 18.5 Å². The minimum absolute atomic E-state index is 0. The molecule has 1 atom stereocenters. The number of methoxy groups -OCH3 is 1. The van der Waals surface area contributed by atoms with Crippen LogP contribution < -0.4 is 14.8 Å². The van der Waals surface area contributed by atoms with Gasteiger partial charge in [-0.2, -0.15) is 0 Å². The predicted molar refractivity (Wildman–Crippen MR) is 94.4 cm³/mol. The van der Waals surface area contributed by atoms with Crippen molar-refractivity contribution in [1.29, 1.82) is 0 Å². The maximum Gasteiger partial charge on any atom is 0.166 e. The number of para-hydroxylation sites is 1. The summed E-state index contributed by atoms with van der Waals surface area (Å²) in [5.41, 5.74) is 2.12. The fourth-order valence-electron chi connectivity index (χ4n) is 2.17. The van der Waals surface area contributed by atoms with Crippen molar-refractivity contribution in [2.45, 2.75) is 26.2 Å². The van der Waals surface area contributed by atoms with Crippen LogP contribution in [0.4, 0.5) is 0 Å². The van der Waals surface area contributed by atoms with E-state index in [2.05, 4.69) is 5.32 Å². The molecule has 0 aliphatic rings. The normalized spacial score (nSPS) is 11.4. The smallest absolute Gasteiger partial charge is 0.166 e. The topological polar surface area (TPSA) is 50.7 Å². The van der Waals surface area contributed by atoms with E-state index in [0.717, 1.165) is 16.9 Å². The number of hydrogen-bond acceptors (Lipinski definition) is 4. The average Bonchev–Trinajstić information content (AvgIpc) is 2.54. The second kappa shape index (κ2) is 10.1. The molecule has 23 heavy (non-hydrogen) atoms. The maximum absolute atomic E-state index is 9.33. The van der Waals surface area contributed by atoms with Crippen LogP contribution in [-0.4, -0.2) is 24.9 Å². The van der Waals surface area contributed by atoms with Gasteiger partial charge in [-0.3, -0.25) is 0 Å². The van der Waals surface area contributed by atoms with E-state index in [1.807, 2.05) is 48.5 Å². The van der Waals surface area contributed by atoms with Crippen LogP contribution in [0.1, 0.15) is 18.1 Å². The molecule has 2 N–H and O–H groups in total. The van der Waals surface area contributed by atoms with E-state index >= 15 is 0 Å². The van der Waals surface area contributed by atoms with Crippen molar-refractivity contribution in [3.63, 3.8) is 0 Å². The van der Waals surface area contributed by atoms with Gasteiger partial charge in [0.15, 0.2) is 11.5 Å². The highest BCUT2D eigenvalue weighted by molar-refractivity contribution is 5.85. The Bertz CT molecular complexity index is 576. The van der Waals surface area contributed by atoms with Crippen LogP contribution in [0, 0.1) is 0 Å². The number of aliphatic hydroxyl groups excluding tert-OH is 1. The number of aliphatic hydroxyl groups is 1. The Labute approximate surface area is 143 Å². The summed E-state index contributed by atoms with van der Waals surface area (Å²) >= 11 is 0. The van der Waals surface area contributed by atoms with Crippen molar-refractivity contribution in [3.8, 4) is 11.5 Å². The lowest BCUT2D eigenvalue weighted by atomic mass is 10.1. The Kier molecular flexibility index (Phi) is 8.48. The van der Waals surface area contributed by atoms with Gasteiger partial charge in [-0.1, -0.05) is 42.5 Å². The van der Waals surface area contributed by atoms with Crippen molar-refractivity contribution < 1.29 is 14.6 Å². The SMILES string of the molecule is COc1cccc(CNCC(C)O)c1OCc1ccccc1.Cl. The predicted octanol–water partition coefficient (Wildman–Crippen LogP) is 3.17. The molecule has 0 fully saturated rings. The second-order valence-electron chi connectivity index (χ2n) is 5.20. The molecule has 2 rings (SSSR count). The van der Waals surface area contributed by atoms with Crippen molar-refractivity contribution in [2.75, 3.05) is 13.7 Å². The van der Waals surface area contributed by atoms with Gasteiger partial charge in [0, 0.05) is 18.7 Å². The zero-order valence-corrected chi connectivity index (χ0v) is 14.3. The third-order valence-electron chi connectivity index (χ3n) is 3.26. The lowest BCUT2D eigenvalue weighted by Gasteiger charge is -2.16. The molecule has 5 heteroatoms. The van der Waals surface area contributed by atoms with Crippen LogP contribution in [0.3, 0.4) is 0 Å². The molecule has 1 unspecified atom stereocenters. The summed E-state index contributed by atoms with van der Waals surface area (Å²) in [6.45, 7) is 3.40. The maximum atomic E-state index is 9.33. The largest absolute Gasteiger partial charge is 0.493 e. The van der Waals surface area contributed by atoms with Gasteiger partial charge in [0.05, 0.1) is 13.2 Å². The molecular formula is C18H24ClNO3. The Morgan fingerprint density at radius 3 is 2.48 bits per heavy atom. The third-order valence-corrected chi connectivity index (χ3v) is 3.26. The molecule has 0 saturated heterocycles. The Balaban J connectivity index is 0.00000264. The quantitative estimate of drug-likeness (QED) is 0.777. The van der Waals surface area contributed by atoms with Crippen molar-refractivity contribution in [1.82, 2.24) is 5.32 Å². The zero-order chi connectivity index (χ0) is 15.8. The summed E-state index contributed by atoms with van der Waals surface area (Å²) in [6.07, 6.45) is -0.376. The monoisotopic (exact) mass is 337 g/mol. The van der Waals surface area contributed by atoms with Gasteiger partial charge in [-0.25, -0.2) is 0 Å². The third kappa shape index (κ3) is 6.10. The Hall–Kier alpha value is -1.75. The first-order valence-electron chi connectivity index (χ1n) is 7.42. The van der Waals surface area contributed by atoms with Gasteiger partial charge in [-0.15, -0.1) is 12.4 Å². The van der Waals surface area contributed by atoms with E-state index < -0.39 is 0 Å². The molecule has 0 amide bonds. The molecule has 0 saturated carbocycles. The summed E-state index contributed by atoms with van der Waals surface area (Å²) in [4.78, 5) is 0. The van der Waals surface area contributed by atoms with Gasteiger partial charge in [0.25, 0.3) is 0 Å². The molecule has 0 aliphatic heterocycles. The molecule has 4 nitrogen and oxygen atoms in total. The number of ether oxygens (including phenoxy) is 2. The molecule has 2 aromatic carbocycles. The summed E-state index contributed by atoms with van der Waals surface area (Å²) in [5.74, 6) is 1.46. The van der Waals surface area contributed by atoms with E-state index in [9.17, 15) is 5.11 Å². The number of halogens is 1. The number of hydrogen-bond donors (Lipinski definition) is 2. The number of benzene rings is 2. The standard InChI is InChI=1S/C18H23NO3.ClH/c1-14(20)11-19-12-16-9-6-10-17(21-2)18(16)22-13-15-7-4-3-5-8-15;/h3-10,14,19-20H,11-13H2,1-2H3;1H. The number of rotatable bonds is 8. The fraction of sp³-hybridized carbons (Fsp3) is 0.333. The first-order valence-corrected chi connectivity index (χ1v) is 7.42. The minimum atomic E-state index is -0.376. The van der Waals surface area contributed by atoms with Crippen LogP contribution in [0.25, 0.3) is 0 Å². The first kappa shape index (κ1) is 19.3. The van der Waals surface area contributed by atoms with Crippen molar-refractivity contribution in [3.05, 3.63) is 59.7 Å². The van der Waals surface area contributed by atoms with Crippen LogP contribution in [0.15, 0.2) is 48.5 Å². The summed E-state index contributed by atoms with van der Waals surface area (Å²) in [5, 5.41) is 12.5. The lowest BCUT2D eigenvalue weighted by Crippen LogP contribution is -2.24. The molecule has 126 valence electrons. The van der Waals surface area contributed by atoms with Gasteiger partial charge in [0.1, 0.15) is 6.61 Å². The lowest BCUT2D eigenvalue weighted by molar-refractivity contribution is 0.190. The van der Waals surface area contributed by atoms with E-state index in [1.54, 1.807) is 14.0 Å². The molecule has 0 heterocycles. The highest BCUT2D eigenvalue weighted by Gasteiger charge is 2.11. The minimum Gasteiger partial charge on any atom is -0.493 e. The van der Waals surface area contributed by atoms with Crippen LogP contribution in [0.2, 0.25) is 0 Å². The molecule has 0 aliphatic carbocycles. The molecular weight excluding hydrogens is 314 g/mol. The van der Waals surface area contributed by atoms with Crippen molar-refractivity contribution in [2.24, 2.45) is 0 Å². The second-order valence-corrected chi connectivity index (χ2v) is 5.20. The molecule has 2 aromatic rings. The van der Waals surface area contributed by atoms with Crippen LogP contribution in [-0.2, 0) is 13.2 Å². The van der Waals surface area contributed by atoms with Gasteiger partial charge in [0.2, 0.25) is 0 Å². The fourth-order valence-corrected chi connectivity index (χ4v) is 2.17. The summed E-state index contributed by atoms with van der Waals surface area (Å²) < 4.78 is 11.4. The number of nitrogens with one attached hydrogen (secondary N) is 1. The molecule has 0 aromatic heterocycles. The first-order chi connectivity index (χ1) is 10.7. The molecule has 0 bridgehead atoms. The summed E-state index contributed by atoms with van der Waals surface area (Å²) in [6, 6.07) is 15.8. The average molecular weight is 338 g/mol. The van der Waals surface area contributed by atoms with Gasteiger partial charge >= 0.3 is 0 Å². The van der Waals surface area contributed by atoms with Gasteiger partial charge in [-0.05, 0) is 18.6 Å². The zero-order valence-electron chi connectivity index (χ0n) is 13.5. The Morgan fingerprint density at radius 2 is 1.83 bits per heavy atom. The Morgan fingerprint density at radius 1 is 1.09 bits per heavy atom. The summed E-state index contributed by atoms with van der Waals surface area (Å²) in [7, 11) is 1.64. The van der Waals surface area contributed by atoms with Gasteiger partial charge < -0.3 is 19.9 Å². The van der Waals surface area contributed by atoms with E-state index in [0.29, 0.717) is 25.4 Å². The van der Waals surface area contributed by atoms with Crippen molar-refractivity contribution >= 4 is 12.4 Å². The molecule has 0 radical (unpaired) electrons. The van der Waals surface area contributed by atoms with E-state index in [1.165, 1.54) is 0 Å². The highest BCUT2D eigenvalue weighted by atomic mass is 35.5. The van der Waals surface area contributed by atoms with Crippen LogP contribution in [0.5, 0.6) is 11.5 Å². The van der Waals surface area contributed by atoms with E-state index in [4.69, 9.17) is 9.47 Å².